The number of anilines is 1. The van der Waals surface area contributed by atoms with Gasteiger partial charge in [-0.1, -0.05) is 19.8 Å². The van der Waals surface area contributed by atoms with Crippen molar-refractivity contribution in [2.75, 3.05) is 11.9 Å². The average molecular weight is 388 g/mol. The third-order valence-electron chi connectivity index (χ3n) is 4.74. The van der Waals surface area contributed by atoms with E-state index in [0.717, 1.165) is 19.3 Å². The molecule has 0 bridgehead atoms. The maximum atomic E-state index is 12.6. The van der Waals surface area contributed by atoms with E-state index >= 15 is 0 Å². The SMILES string of the molecule is CCCOc1c(C(N)=O)ccc(NC(=O)CC2CCCC2)c1-c1nccs1. The lowest BCUT2D eigenvalue weighted by atomic mass is 10.0. The first-order chi connectivity index (χ1) is 13.1. The van der Waals surface area contributed by atoms with E-state index in [0.29, 0.717) is 46.5 Å². The fraction of sp³-hybridized carbons (Fsp3) is 0.450. The van der Waals surface area contributed by atoms with E-state index in [1.165, 1.54) is 24.2 Å². The molecule has 0 spiro atoms. The molecule has 0 atom stereocenters. The third-order valence-corrected chi connectivity index (χ3v) is 5.53. The van der Waals surface area contributed by atoms with Gasteiger partial charge in [-0.3, -0.25) is 9.59 Å². The minimum absolute atomic E-state index is 0.0204. The summed E-state index contributed by atoms with van der Waals surface area (Å²) in [5.74, 6) is 0.252. The average Bonchev–Trinajstić information content (AvgIpc) is 3.33. The lowest BCUT2D eigenvalue weighted by Crippen LogP contribution is -2.18. The van der Waals surface area contributed by atoms with Crippen LogP contribution in [0.1, 0.15) is 55.8 Å². The van der Waals surface area contributed by atoms with Crippen LogP contribution in [-0.2, 0) is 4.79 Å². The summed E-state index contributed by atoms with van der Waals surface area (Å²) in [5, 5.41) is 5.53. The van der Waals surface area contributed by atoms with Gasteiger partial charge >= 0.3 is 0 Å². The molecule has 1 aromatic heterocycles. The molecule has 0 saturated heterocycles. The highest BCUT2D eigenvalue weighted by Gasteiger charge is 2.24. The predicted molar refractivity (Wildman–Crippen MR) is 107 cm³/mol. The Morgan fingerprint density at radius 2 is 2.11 bits per heavy atom. The molecule has 0 radical (unpaired) electrons. The molecule has 1 heterocycles. The summed E-state index contributed by atoms with van der Waals surface area (Å²) in [7, 11) is 0. The Labute approximate surface area is 163 Å². The number of carbonyl (C=O) groups excluding carboxylic acids is 2. The fourth-order valence-corrected chi connectivity index (χ4v) is 4.16. The largest absolute Gasteiger partial charge is 0.492 e. The quantitative estimate of drug-likeness (QED) is 0.709. The van der Waals surface area contributed by atoms with Crippen LogP contribution in [0.25, 0.3) is 10.6 Å². The number of aromatic nitrogens is 1. The van der Waals surface area contributed by atoms with Crippen molar-refractivity contribution >= 4 is 28.8 Å². The molecule has 27 heavy (non-hydrogen) atoms. The number of hydrogen-bond acceptors (Lipinski definition) is 5. The number of benzene rings is 1. The Hall–Kier alpha value is -2.41. The van der Waals surface area contributed by atoms with Crippen molar-refractivity contribution in [3.05, 3.63) is 29.3 Å². The van der Waals surface area contributed by atoms with E-state index in [2.05, 4.69) is 10.3 Å². The van der Waals surface area contributed by atoms with E-state index in [-0.39, 0.29) is 5.91 Å². The van der Waals surface area contributed by atoms with Crippen LogP contribution >= 0.6 is 11.3 Å². The Morgan fingerprint density at radius 3 is 2.74 bits per heavy atom. The number of amides is 2. The molecular formula is C20H25N3O3S. The standard InChI is InChI=1S/C20H25N3O3S/c1-2-10-26-18-14(19(21)25)7-8-15(17(18)20-22-9-11-27-20)23-16(24)12-13-5-3-4-6-13/h7-9,11,13H,2-6,10,12H2,1H3,(H2,21,25)(H,23,24). The number of ether oxygens (including phenoxy) is 1. The number of nitrogens with one attached hydrogen (secondary N) is 1. The molecule has 3 N–H and O–H groups in total. The number of nitrogens with zero attached hydrogens (tertiary/aromatic N) is 1. The van der Waals surface area contributed by atoms with E-state index < -0.39 is 5.91 Å². The van der Waals surface area contributed by atoms with Gasteiger partial charge in [0.25, 0.3) is 5.91 Å². The summed E-state index contributed by atoms with van der Waals surface area (Å²) in [4.78, 5) is 28.8. The molecule has 7 heteroatoms. The minimum Gasteiger partial charge on any atom is -0.492 e. The Kier molecular flexibility index (Phi) is 6.45. The zero-order chi connectivity index (χ0) is 19.2. The topological polar surface area (TPSA) is 94.3 Å². The molecule has 1 aromatic carbocycles. The van der Waals surface area contributed by atoms with E-state index in [9.17, 15) is 9.59 Å². The first kappa shape index (κ1) is 19.4. The van der Waals surface area contributed by atoms with E-state index in [1.807, 2.05) is 12.3 Å². The van der Waals surface area contributed by atoms with E-state index in [1.54, 1.807) is 18.3 Å². The van der Waals surface area contributed by atoms with Crippen molar-refractivity contribution in [3.8, 4) is 16.3 Å². The summed E-state index contributed by atoms with van der Waals surface area (Å²) in [6.07, 6.45) is 7.60. The molecule has 3 rings (SSSR count). The molecule has 1 aliphatic carbocycles. The monoisotopic (exact) mass is 387 g/mol. The summed E-state index contributed by atoms with van der Waals surface area (Å²) in [6, 6.07) is 3.32. The second-order valence-corrected chi connectivity index (χ2v) is 7.71. The molecule has 6 nitrogen and oxygen atoms in total. The minimum atomic E-state index is -0.567. The second kappa shape index (κ2) is 8.99. The van der Waals surface area contributed by atoms with Crippen molar-refractivity contribution in [1.29, 1.82) is 0 Å². The van der Waals surface area contributed by atoms with Gasteiger partial charge < -0.3 is 15.8 Å². The lowest BCUT2D eigenvalue weighted by Gasteiger charge is -2.18. The van der Waals surface area contributed by atoms with Crippen LogP contribution in [0.4, 0.5) is 5.69 Å². The molecule has 2 aromatic rings. The van der Waals surface area contributed by atoms with Crippen molar-refractivity contribution in [2.24, 2.45) is 11.7 Å². The van der Waals surface area contributed by atoms with Crippen LogP contribution in [0, 0.1) is 5.92 Å². The lowest BCUT2D eigenvalue weighted by molar-refractivity contribution is -0.117. The van der Waals surface area contributed by atoms with Crippen LogP contribution in [0.15, 0.2) is 23.7 Å². The molecule has 1 saturated carbocycles. The Balaban J connectivity index is 1.96. The van der Waals surface area contributed by atoms with Crippen molar-refractivity contribution < 1.29 is 14.3 Å². The smallest absolute Gasteiger partial charge is 0.252 e. The van der Waals surface area contributed by atoms with Crippen LogP contribution in [0.2, 0.25) is 0 Å². The molecule has 0 aliphatic heterocycles. The van der Waals surface area contributed by atoms with Crippen molar-refractivity contribution in [2.45, 2.75) is 45.4 Å². The molecule has 0 unspecified atom stereocenters. The number of nitrogens with two attached hydrogens (primary N) is 1. The molecule has 144 valence electrons. The number of carbonyl (C=O) groups is 2. The Bertz CT molecular complexity index is 799. The van der Waals surface area contributed by atoms with Gasteiger partial charge in [0.05, 0.1) is 23.4 Å². The van der Waals surface area contributed by atoms with Gasteiger partial charge in [-0.25, -0.2) is 4.98 Å². The Morgan fingerprint density at radius 1 is 1.33 bits per heavy atom. The maximum Gasteiger partial charge on any atom is 0.252 e. The zero-order valence-electron chi connectivity index (χ0n) is 15.5. The summed E-state index contributed by atoms with van der Waals surface area (Å²) in [5.41, 5.74) is 7.06. The van der Waals surface area contributed by atoms with Crippen molar-refractivity contribution in [1.82, 2.24) is 4.98 Å². The third kappa shape index (κ3) is 4.66. The predicted octanol–water partition coefficient (Wildman–Crippen LogP) is 4.22. The molecular weight excluding hydrogens is 362 g/mol. The van der Waals surface area contributed by atoms with Gasteiger partial charge in [0.1, 0.15) is 10.8 Å². The summed E-state index contributed by atoms with van der Waals surface area (Å²) >= 11 is 1.42. The van der Waals surface area contributed by atoms with Gasteiger partial charge in [-0.2, -0.15) is 0 Å². The summed E-state index contributed by atoms with van der Waals surface area (Å²) < 4.78 is 5.87. The van der Waals surface area contributed by atoms with Crippen LogP contribution in [0.5, 0.6) is 5.75 Å². The molecule has 1 aliphatic rings. The van der Waals surface area contributed by atoms with Crippen LogP contribution in [-0.4, -0.2) is 23.4 Å². The normalized spacial score (nSPS) is 14.3. The first-order valence-electron chi connectivity index (χ1n) is 9.39. The van der Waals surface area contributed by atoms with Crippen LogP contribution < -0.4 is 15.8 Å². The zero-order valence-corrected chi connectivity index (χ0v) is 16.3. The van der Waals surface area contributed by atoms with Gasteiger partial charge in [0, 0.05) is 18.0 Å². The number of thiazole rings is 1. The number of primary amides is 1. The van der Waals surface area contributed by atoms with Crippen molar-refractivity contribution in [3.63, 3.8) is 0 Å². The number of rotatable bonds is 8. The van der Waals surface area contributed by atoms with Gasteiger partial charge in [0.2, 0.25) is 5.91 Å². The van der Waals surface area contributed by atoms with E-state index in [4.69, 9.17) is 10.5 Å². The van der Waals surface area contributed by atoms with Gasteiger partial charge in [0.15, 0.2) is 0 Å². The fourth-order valence-electron chi connectivity index (χ4n) is 3.47. The van der Waals surface area contributed by atoms with Gasteiger partial charge in [-0.05, 0) is 37.3 Å². The molecule has 2 amide bonds. The maximum absolute atomic E-state index is 12.6. The second-order valence-electron chi connectivity index (χ2n) is 6.82. The van der Waals surface area contributed by atoms with Crippen LogP contribution in [0.3, 0.4) is 0 Å². The number of hydrogen-bond donors (Lipinski definition) is 2. The highest BCUT2D eigenvalue weighted by Crippen LogP contribution is 2.41. The first-order valence-corrected chi connectivity index (χ1v) is 10.3. The highest BCUT2D eigenvalue weighted by molar-refractivity contribution is 7.13. The molecule has 1 fully saturated rings. The highest BCUT2D eigenvalue weighted by atomic mass is 32.1. The van der Waals surface area contributed by atoms with Gasteiger partial charge in [-0.15, -0.1) is 11.3 Å². The summed E-state index contributed by atoms with van der Waals surface area (Å²) in [6.45, 7) is 2.43.